The van der Waals surface area contributed by atoms with Gasteiger partial charge in [0.15, 0.2) is 0 Å². The van der Waals surface area contributed by atoms with Gasteiger partial charge in [0.05, 0.1) is 17.4 Å². The number of hydrogen-bond acceptors (Lipinski definition) is 4. The average Bonchev–Trinajstić information content (AvgIpc) is 3.06. The Morgan fingerprint density at radius 3 is 3.21 bits per heavy atom. The van der Waals surface area contributed by atoms with Crippen LogP contribution < -0.4 is 0 Å². The standard InChI is InChI=1S/C14H17NO3S/c1-15(14(17)12-4-6-18-9-12)8-11-7-13(19-10-11)3-2-5-16/h7,10,12,16H,4-6,8-9H2,1H3. The molecule has 1 saturated heterocycles. The van der Waals surface area contributed by atoms with Gasteiger partial charge in [0.25, 0.3) is 0 Å². The molecular formula is C14H17NO3S. The maximum absolute atomic E-state index is 12.1. The van der Waals surface area contributed by atoms with Crippen molar-refractivity contribution in [3.05, 3.63) is 21.9 Å². The predicted molar refractivity (Wildman–Crippen MR) is 73.7 cm³/mol. The molecule has 1 aliphatic rings. The fraction of sp³-hybridized carbons (Fsp3) is 0.500. The Hall–Kier alpha value is -1.35. The van der Waals surface area contributed by atoms with E-state index in [2.05, 4.69) is 11.8 Å². The Morgan fingerprint density at radius 2 is 2.53 bits per heavy atom. The van der Waals surface area contributed by atoms with Gasteiger partial charge < -0.3 is 14.7 Å². The van der Waals surface area contributed by atoms with Crippen LogP contribution in [0.4, 0.5) is 0 Å². The van der Waals surface area contributed by atoms with Crippen LogP contribution in [0.1, 0.15) is 16.9 Å². The summed E-state index contributed by atoms with van der Waals surface area (Å²) in [6, 6.07) is 1.96. The highest BCUT2D eigenvalue weighted by molar-refractivity contribution is 7.10. The van der Waals surface area contributed by atoms with Crippen molar-refractivity contribution in [2.75, 3.05) is 26.9 Å². The number of aliphatic hydroxyl groups is 1. The van der Waals surface area contributed by atoms with E-state index in [0.29, 0.717) is 19.8 Å². The van der Waals surface area contributed by atoms with Crippen molar-refractivity contribution in [3.63, 3.8) is 0 Å². The largest absolute Gasteiger partial charge is 0.384 e. The van der Waals surface area contributed by atoms with Crippen LogP contribution in [0.2, 0.25) is 0 Å². The van der Waals surface area contributed by atoms with Crippen LogP contribution in [0.3, 0.4) is 0 Å². The van der Waals surface area contributed by atoms with E-state index in [1.807, 2.05) is 18.5 Å². The number of ether oxygens (including phenoxy) is 1. The first-order chi connectivity index (χ1) is 9.20. The number of rotatable bonds is 3. The van der Waals surface area contributed by atoms with E-state index < -0.39 is 0 Å². The molecule has 0 aliphatic carbocycles. The van der Waals surface area contributed by atoms with Gasteiger partial charge in [-0.15, -0.1) is 11.3 Å². The van der Waals surface area contributed by atoms with E-state index in [-0.39, 0.29) is 18.4 Å². The second kappa shape index (κ2) is 6.71. The van der Waals surface area contributed by atoms with Crippen LogP contribution >= 0.6 is 11.3 Å². The van der Waals surface area contributed by atoms with Crippen molar-refractivity contribution in [1.82, 2.24) is 4.90 Å². The van der Waals surface area contributed by atoms with E-state index >= 15 is 0 Å². The monoisotopic (exact) mass is 279 g/mol. The molecule has 0 bridgehead atoms. The highest BCUT2D eigenvalue weighted by Gasteiger charge is 2.26. The Labute approximate surface area is 117 Å². The number of amides is 1. The lowest BCUT2D eigenvalue weighted by Gasteiger charge is -2.19. The maximum Gasteiger partial charge on any atom is 0.228 e. The Kier molecular flexibility index (Phi) is 4.97. The average molecular weight is 279 g/mol. The molecule has 2 rings (SSSR count). The minimum Gasteiger partial charge on any atom is -0.384 e. The number of hydrogen-bond donors (Lipinski definition) is 1. The maximum atomic E-state index is 12.1. The zero-order chi connectivity index (χ0) is 13.7. The predicted octanol–water partition coefficient (Wildman–Crippen LogP) is 1.09. The molecule has 1 amide bonds. The zero-order valence-electron chi connectivity index (χ0n) is 10.9. The number of carbonyl (C=O) groups is 1. The van der Waals surface area contributed by atoms with Crippen molar-refractivity contribution in [2.24, 2.45) is 5.92 Å². The van der Waals surface area contributed by atoms with Crippen LogP contribution in [0, 0.1) is 17.8 Å². The molecule has 1 aromatic heterocycles. The van der Waals surface area contributed by atoms with Crippen molar-refractivity contribution < 1.29 is 14.6 Å². The first-order valence-corrected chi connectivity index (χ1v) is 7.08. The molecule has 2 heterocycles. The molecule has 4 nitrogen and oxygen atoms in total. The van der Waals surface area contributed by atoms with Crippen LogP contribution in [0.25, 0.3) is 0 Å². The fourth-order valence-corrected chi connectivity index (χ4v) is 2.81. The van der Waals surface area contributed by atoms with E-state index in [4.69, 9.17) is 9.84 Å². The quantitative estimate of drug-likeness (QED) is 0.843. The van der Waals surface area contributed by atoms with E-state index in [9.17, 15) is 4.79 Å². The Bertz CT molecular complexity index is 494. The summed E-state index contributed by atoms with van der Waals surface area (Å²) in [5, 5.41) is 10.6. The molecule has 1 aromatic rings. The number of thiophene rings is 1. The van der Waals surface area contributed by atoms with Gasteiger partial charge in [-0.2, -0.15) is 0 Å². The summed E-state index contributed by atoms with van der Waals surface area (Å²) in [4.78, 5) is 14.8. The molecule has 1 atom stereocenters. The van der Waals surface area contributed by atoms with Gasteiger partial charge in [0.2, 0.25) is 5.91 Å². The van der Waals surface area contributed by atoms with Crippen molar-refractivity contribution in [2.45, 2.75) is 13.0 Å². The third kappa shape index (κ3) is 3.80. The van der Waals surface area contributed by atoms with E-state index in [1.54, 1.807) is 4.90 Å². The Balaban J connectivity index is 1.92. The number of nitrogens with zero attached hydrogens (tertiary/aromatic N) is 1. The smallest absolute Gasteiger partial charge is 0.228 e. The lowest BCUT2D eigenvalue weighted by Crippen LogP contribution is -2.32. The second-order valence-corrected chi connectivity index (χ2v) is 5.45. The molecule has 1 unspecified atom stereocenters. The molecule has 1 N–H and O–H groups in total. The molecule has 102 valence electrons. The van der Waals surface area contributed by atoms with E-state index in [0.717, 1.165) is 16.9 Å². The summed E-state index contributed by atoms with van der Waals surface area (Å²) in [6.07, 6.45) is 0.819. The normalized spacial score (nSPS) is 17.9. The fourth-order valence-electron chi connectivity index (χ4n) is 2.04. The van der Waals surface area contributed by atoms with Gasteiger partial charge in [-0.1, -0.05) is 11.8 Å². The molecular weight excluding hydrogens is 262 g/mol. The van der Waals surface area contributed by atoms with Crippen LogP contribution in [0.15, 0.2) is 11.4 Å². The van der Waals surface area contributed by atoms with E-state index in [1.165, 1.54) is 11.3 Å². The summed E-state index contributed by atoms with van der Waals surface area (Å²) in [6.45, 7) is 1.68. The highest BCUT2D eigenvalue weighted by Crippen LogP contribution is 2.18. The van der Waals surface area contributed by atoms with Gasteiger partial charge in [0, 0.05) is 20.2 Å². The minimum absolute atomic E-state index is 0.0114. The van der Waals surface area contributed by atoms with Crippen molar-refractivity contribution in [3.8, 4) is 11.8 Å². The lowest BCUT2D eigenvalue weighted by molar-refractivity contribution is -0.134. The summed E-state index contributed by atoms with van der Waals surface area (Å²) >= 11 is 1.53. The zero-order valence-corrected chi connectivity index (χ0v) is 11.7. The third-order valence-electron chi connectivity index (χ3n) is 3.02. The van der Waals surface area contributed by atoms with Gasteiger partial charge in [-0.3, -0.25) is 4.79 Å². The third-order valence-corrected chi connectivity index (χ3v) is 3.91. The molecule has 19 heavy (non-hydrogen) atoms. The number of aliphatic hydroxyl groups excluding tert-OH is 1. The molecule has 0 spiro atoms. The summed E-state index contributed by atoms with van der Waals surface area (Å²) in [5.41, 5.74) is 1.07. The molecule has 0 aromatic carbocycles. The second-order valence-electron chi connectivity index (χ2n) is 4.53. The van der Waals surface area contributed by atoms with Crippen molar-refractivity contribution >= 4 is 17.2 Å². The molecule has 1 aliphatic heterocycles. The molecule has 5 heteroatoms. The molecule has 0 saturated carbocycles. The van der Waals surface area contributed by atoms with Gasteiger partial charge in [-0.25, -0.2) is 0 Å². The number of carbonyl (C=O) groups excluding carboxylic acids is 1. The lowest BCUT2D eigenvalue weighted by atomic mass is 10.1. The van der Waals surface area contributed by atoms with Crippen LogP contribution in [-0.4, -0.2) is 42.8 Å². The summed E-state index contributed by atoms with van der Waals surface area (Å²) in [7, 11) is 1.82. The van der Waals surface area contributed by atoms with Gasteiger partial charge >= 0.3 is 0 Å². The first kappa shape index (κ1) is 14.1. The topological polar surface area (TPSA) is 49.8 Å². The summed E-state index contributed by atoms with van der Waals surface area (Å²) < 4.78 is 5.24. The van der Waals surface area contributed by atoms with Crippen LogP contribution in [-0.2, 0) is 16.1 Å². The Morgan fingerprint density at radius 1 is 1.68 bits per heavy atom. The molecule has 1 fully saturated rings. The molecule has 0 radical (unpaired) electrons. The highest BCUT2D eigenvalue weighted by atomic mass is 32.1. The van der Waals surface area contributed by atoms with Crippen molar-refractivity contribution in [1.29, 1.82) is 0 Å². The SMILES string of the molecule is CN(Cc1csc(C#CCO)c1)C(=O)C1CCOC1. The van der Waals surface area contributed by atoms with Crippen LogP contribution in [0.5, 0.6) is 0 Å². The van der Waals surface area contributed by atoms with Gasteiger partial charge in [0.1, 0.15) is 6.61 Å². The minimum atomic E-state index is -0.132. The first-order valence-electron chi connectivity index (χ1n) is 6.20. The summed E-state index contributed by atoms with van der Waals surface area (Å²) in [5.74, 6) is 5.64. The van der Waals surface area contributed by atoms with Gasteiger partial charge in [-0.05, 0) is 23.4 Å².